The second kappa shape index (κ2) is 8.86. The number of hydroxylamine groups is 2. The fraction of sp³-hybridized carbons (Fsp3) is 0.739. The van der Waals surface area contributed by atoms with Crippen molar-refractivity contribution in [3.63, 3.8) is 0 Å². The average Bonchev–Trinajstić information content (AvgIpc) is 2.61. The molecule has 0 spiro atoms. The maximum atomic E-state index is 10.1. The quantitative estimate of drug-likeness (QED) is 0.628. The number of aliphatic hydroxyl groups excluding tert-OH is 1. The first kappa shape index (κ1) is 21.4. The van der Waals surface area contributed by atoms with Crippen LogP contribution in [0, 0.1) is 11.3 Å². The molecule has 148 valence electrons. The Hall–Kier alpha value is -0.900. The summed E-state index contributed by atoms with van der Waals surface area (Å²) in [7, 11) is 0. The van der Waals surface area contributed by atoms with Crippen LogP contribution in [-0.4, -0.2) is 28.4 Å². The lowest BCUT2D eigenvalue weighted by molar-refractivity contribution is -0.297. The molecule has 1 aromatic rings. The molecule has 1 saturated carbocycles. The van der Waals surface area contributed by atoms with E-state index < -0.39 is 5.54 Å². The van der Waals surface area contributed by atoms with Gasteiger partial charge < -0.3 is 5.11 Å². The van der Waals surface area contributed by atoms with Crippen LogP contribution in [0.2, 0.25) is 0 Å². The first-order valence-electron chi connectivity index (χ1n) is 10.3. The zero-order chi connectivity index (χ0) is 19.4. The van der Waals surface area contributed by atoms with Crippen LogP contribution in [0.5, 0.6) is 0 Å². The minimum Gasteiger partial charge on any atom is -0.394 e. The molecule has 3 heteroatoms. The molecule has 1 aliphatic carbocycles. The fourth-order valence-corrected chi connectivity index (χ4v) is 4.11. The van der Waals surface area contributed by atoms with Crippen LogP contribution in [0.15, 0.2) is 30.3 Å². The number of aliphatic hydroxyl groups is 1. The molecule has 3 nitrogen and oxygen atoms in total. The van der Waals surface area contributed by atoms with Crippen LogP contribution in [0.25, 0.3) is 0 Å². The van der Waals surface area contributed by atoms with E-state index in [1.165, 1.54) is 37.7 Å². The van der Waals surface area contributed by atoms with E-state index in [1.54, 1.807) is 0 Å². The zero-order valence-electron chi connectivity index (χ0n) is 17.7. The van der Waals surface area contributed by atoms with E-state index in [-0.39, 0.29) is 24.2 Å². The molecular formula is C23H39NO2. The molecule has 1 aliphatic rings. The van der Waals surface area contributed by atoms with Crippen molar-refractivity contribution in [1.82, 2.24) is 5.06 Å². The molecule has 1 N–H and O–H groups in total. The summed E-state index contributed by atoms with van der Waals surface area (Å²) in [6.45, 7) is 13.2. The third-order valence-electron chi connectivity index (χ3n) is 5.75. The summed E-state index contributed by atoms with van der Waals surface area (Å²) in [4.78, 5) is 6.66. The van der Waals surface area contributed by atoms with E-state index >= 15 is 0 Å². The number of benzene rings is 1. The van der Waals surface area contributed by atoms with Crippen molar-refractivity contribution in [2.45, 2.75) is 91.3 Å². The molecule has 2 atom stereocenters. The van der Waals surface area contributed by atoms with Crippen LogP contribution in [-0.2, 0) is 4.84 Å². The third kappa shape index (κ3) is 5.31. The lowest BCUT2D eigenvalue weighted by atomic mass is 9.80. The Kier molecular flexibility index (Phi) is 7.29. The molecule has 0 radical (unpaired) electrons. The lowest BCUT2D eigenvalue weighted by Crippen LogP contribution is -2.53. The van der Waals surface area contributed by atoms with Gasteiger partial charge in [-0.2, -0.15) is 5.06 Å². The largest absolute Gasteiger partial charge is 0.394 e. The summed E-state index contributed by atoms with van der Waals surface area (Å²) >= 11 is 0. The maximum Gasteiger partial charge on any atom is 0.0793 e. The van der Waals surface area contributed by atoms with Gasteiger partial charge in [-0.05, 0) is 50.5 Å². The number of nitrogens with zero attached hydrogens (tertiary/aromatic N) is 1. The van der Waals surface area contributed by atoms with Crippen molar-refractivity contribution in [2.75, 3.05) is 6.61 Å². The molecule has 2 rings (SSSR count). The predicted molar refractivity (Wildman–Crippen MR) is 109 cm³/mol. The summed E-state index contributed by atoms with van der Waals surface area (Å²) in [6.07, 6.45) is 6.63. The van der Waals surface area contributed by atoms with Crippen LogP contribution >= 0.6 is 0 Å². The van der Waals surface area contributed by atoms with Crippen molar-refractivity contribution < 1.29 is 9.94 Å². The minimum absolute atomic E-state index is 0.0277. The Labute approximate surface area is 160 Å². The third-order valence-corrected chi connectivity index (χ3v) is 5.75. The van der Waals surface area contributed by atoms with Gasteiger partial charge in [-0.1, -0.05) is 70.4 Å². The predicted octanol–water partition coefficient (Wildman–Crippen LogP) is 5.75. The van der Waals surface area contributed by atoms with Gasteiger partial charge >= 0.3 is 0 Å². The fourth-order valence-electron chi connectivity index (χ4n) is 4.11. The zero-order valence-corrected chi connectivity index (χ0v) is 17.7. The summed E-state index contributed by atoms with van der Waals surface area (Å²) < 4.78 is 0. The van der Waals surface area contributed by atoms with Crippen molar-refractivity contribution in [2.24, 2.45) is 11.3 Å². The summed E-state index contributed by atoms with van der Waals surface area (Å²) in [6, 6.07) is 10.6. The molecule has 2 unspecified atom stereocenters. The highest BCUT2D eigenvalue weighted by Crippen LogP contribution is 2.43. The van der Waals surface area contributed by atoms with Gasteiger partial charge in [0.2, 0.25) is 0 Å². The van der Waals surface area contributed by atoms with E-state index in [4.69, 9.17) is 4.84 Å². The molecule has 0 aromatic heterocycles. The Morgan fingerprint density at radius 2 is 1.62 bits per heavy atom. The number of hydrogen-bond acceptors (Lipinski definition) is 3. The SMILES string of the molecule is CC(ON(C(c1ccccc1)C(C)(C)C)C(C)(C)CO)C1CCCCC1. The van der Waals surface area contributed by atoms with Gasteiger partial charge in [0.15, 0.2) is 0 Å². The van der Waals surface area contributed by atoms with Crippen molar-refractivity contribution in [1.29, 1.82) is 0 Å². The Balaban J connectivity index is 2.34. The van der Waals surface area contributed by atoms with E-state index in [0.717, 1.165) is 0 Å². The Bertz CT molecular complexity index is 529. The summed E-state index contributed by atoms with van der Waals surface area (Å²) in [5.74, 6) is 0.608. The highest BCUT2D eigenvalue weighted by atomic mass is 16.7. The van der Waals surface area contributed by atoms with Gasteiger partial charge in [0.25, 0.3) is 0 Å². The molecule has 0 amide bonds. The normalized spacial score (nSPS) is 19.5. The summed E-state index contributed by atoms with van der Waals surface area (Å²) in [5.41, 5.74) is 0.744. The van der Waals surface area contributed by atoms with E-state index in [0.29, 0.717) is 5.92 Å². The number of rotatable bonds is 7. The van der Waals surface area contributed by atoms with Crippen molar-refractivity contribution in [3.05, 3.63) is 35.9 Å². The first-order chi connectivity index (χ1) is 12.2. The topological polar surface area (TPSA) is 32.7 Å². The lowest BCUT2D eigenvalue weighted by Gasteiger charge is -2.48. The van der Waals surface area contributed by atoms with Crippen LogP contribution in [0.3, 0.4) is 0 Å². The van der Waals surface area contributed by atoms with Gasteiger partial charge in [-0.15, -0.1) is 0 Å². The molecular weight excluding hydrogens is 322 g/mol. The van der Waals surface area contributed by atoms with E-state index in [1.807, 2.05) is 0 Å². The molecule has 0 saturated heterocycles. The van der Waals surface area contributed by atoms with E-state index in [9.17, 15) is 5.11 Å². The molecule has 0 aliphatic heterocycles. The highest BCUT2D eigenvalue weighted by molar-refractivity contribution is 5.21. The molecule has 0 heterocycles. The van der Waals surface area contributed by atoms with Crippen LogP contribution in [0.4, 0.5) is 0 Å². The van der Waals surface area contributed by atoms with Gasteiger partial charge in [-0.25, -0.2) is 0 Å². The second-order valence-electron chi connectivity index (χ2n) is 9.68. The van der Waals surface area contributed by atoms with E-state index in [2.05, 4.69) is 76.9 Å². The molecule has 0 bridgehead atoms. The van der Waals surface area contributed by atoms with Gasteiger partial charge in [0, 0.05) is 0 Å². The van der Waals surface area contributed by atoms with Crippen LogP contribution < -0.4 is 0 Å². The first-order valence-corrected chi connectivity index (χ1v) is 10.3. The smallest absolute Gasteiger partial charge is 0.0793 e. The molecule has 26 heavy (non-hydrogen) atoms. The van der Waals surface area contributed by atoms with Crippen molar-refractivity contribution in [3.8, 4) is 0 Å². The monoisotopic (exact) mass is 361 g/mol. The van der Waals surface area contributed by atoms with Gasteiger partial charge in [-0.3, -0.25) is 4.84 Å². The van der Waals surface area contributed by atoms with Gasteiger partial charge in [0.05, 0.1) is 24.3 Å². The Morgan fingerprint density at radius 1 is 1.04 bits per heavy atom. The van der Waals surface area contributed by atoms with Gasteiger partial charge in [0.1, 0.15) is 0 Å². The summed E-state index contributed by atoms with van der Waals surface area (Å²) in [5, 5.41) is 12.2. The maximum absolute atomic E-state index is 10.1. The standard InChI is InChI=1S/C23H39NO2/c1-18(19-13-9-7-10-14-19)26-24(23(5,6)17-25)21(22(2,3)4)20-15-11-8-12-16-20/h8,11-12,15-16,18-19,21,25H,7,9-10,13-14,17H2,1-6H3. The Morgan fingerprint density at radius 3 is 2.12 bits per heavy atom. The average molecular weight is 362 g/mol. The second-order valence-corrected chi connectivity index (χ2v) is 9.68. The molecule has 1 fully saturated rings. The molecule has 1 aromatic carbocycles. The highest BCUT2D eigenvalue weighted by Gasteiger charge is 2.42. The minimum atomic E-state index is -0.462. The number of hydrogen-bond donors (Lipinski definition) is 1. The van der Waals surface area contributed by atoms with Crippen LogP contribution in [0.1, 0.15) is 85.3 Å². The van der Waals surface area contributed by atoms with Crippen molar-refractivity contribution >= 4 is 0 Å².